The van der Waals surface area contributed by atoms with Crippen molar-refractivity contribution in [2.45, 2.75) is 19.6 Å². The molecule has 1 aliphatic heterocycles. The summed E-state index contributed by atoms with van der Waals surface area (Å²) in [6, 6.07) is 10.7. The highest BCUT2D eigenvalue weighted by atomic mass is 35.5. The Hall–Kier alpha value is -3.06. The van der Waals surface area contributed by atoms with E-state index in [0.29, 0.717) is 41.8 Å². The Morgan fingerprint density at radius 2 is 1.96 bits per heavy atom. The molecule has 0 aliphatic carbocycles. The number of halogens is 1. The highest BCUT2D eigenvalue weighted by Crippen LogP contribution is 2.38. The highest BCUT2D eigenvalue weighted by molar-refractivity contribution is 6.32. The molecule has 7 nitrogen and oxygen atoms in total. The van der Waals surface area contributed by atoms with Crippen LogP contribution in [0.2, 0.25) is 5.02 Å². The second kappa shape index (κ2) is 8.31. The van der Waals surface area contributed by atoms with Gasteiger partial charge in [0.05, 0.1) is 30.3 Å². The van der Waals surface area contributed by atoms with Gasteiger partial charge in [0.25, 0.3) is 0 Å². The monoisotopic (exact) mass is 399 g/mol. The molecule has 0 saturated heterocycles. The fourth-order valence-electron chi connectivity index (χ4n) is 2.85. The van der Waals surface area contributed by atoms with Crippen LogP contribution in [0.1, 0.15) is 27.9 Å². The van der Waals surface area contributed by atoms with Gasteiger partial charge >= 0.3 is 5.97 Å². The lowest BCUT2D eigenvalue weighted by Gasteiger charge is -2.12. The highest BCUT2D eigenvalue weighted by Gasteiger charge is 2.16. The first-order valence-electron chi connectivity index (χ1n) is 8.85. The van der Waals surface area contributed by atoms with E-state index in [4.69, 9.17) is 25.8 Å². The number of esters is 1. The molecule has 1 aliphatic rings. The van der Waals surface area contributed by atoms with E-state index in [2.05, 4.69) is 10.1 Å². The topological polar surface area (TPSA) is 75.5 Å². The number of aromatic nitrogens is 3. The van der Waals surface area contributed by atoms with Crippen LogP contribution in [0.5, 0.6) is 11.5 Å². The maximum atomic E-state index is 12.3. The number of hydrogen-bond acceptors (Lipinski definition) is 6. The van der Waals surface area contributed by atoms with Gasteiger partial charge in [-0.25, -0.2) is 14.5 Å². The standard InChI is InChI=1S/C20H18ClN3O4/c21-17-8-15(9-18-19(17)27-7-1-6-26-18)11-28-20(25)16-4-2-14(3-5-16)10-24-13-22-12-23-24/h2-5,8-9,12-13H,1,6-7,10-11H2. The zero-order chi connectivity index (χ0) is 19.3. The molecule has 2 aromatic carbocycles. The summed E-state index contributed by atoms with van der Waals surface area (Å²) >= 11 is 6.27. The smallest absolute Gasteiger partial charge is 0.338 e. The Kier molecular flexibility index (Phi) is 5.43. The van der Waals surface area contributed by atoms with Crippen molar-refractivity contribution >= 4 is 17.6 Å². The number of carbonyl (C=O) groups excluding carboxylic acids is 1. The number of nitrogens with zero attached hydrogens (tertiary/aromatic N) is 3. The maximum absolute atomic E-state index is 12.3. The van der Waals surface area contributed by atoms with Crippen LogP contribution in [-0.4, -0.2) is 33.9 Å². The Morgan fingerprint density at radius 1 is 1.14 bits per heavy atom. The van der Waals surface area contributed by atoms with Crippen LogP contribution in [0.15, 0.2) is 49.1 Å². The Labute approximate surface area is 166 Å². The second-order valence-corrected chi connectivity index (χ2v) is 6.73. The summed E-state index contributed by atoms with van der Waals surface area (Å²) in [5.41, 5.74) is 2.23. The molecule has 8 heteroatoms. The summed E-state index contributed by atoms with van der Waals surface area (Å²) in [7, 11) is 0. The fourth-order valence-corrected chi connectivity index (χ4v) is 3.14. The normalized spacial score (nSPS) is 13.0. The molecule has 4 rings (SSSR count). The Morgan fingerprint density at radius 3 is 2.75 bits per heavy atom. The van der Waals surface area contributed by atoms with E-state index in [1.807, 2.05) is 12.1 Å². The Bertz CT molecular complexity index is 958. The second-order valence-electron chi connectivity index (χ2n) is 6.32. The van der Waals surface area contributed by atoms with Gasteiger partial charge in [-0.1, -0.05) is 23.7 Å². The molecular formula is C20H18ClN3O4. The summed E-state index contributed by atoms with van der Waals surface area (Å²) in [5.74, 6) is 0.710. The van der Waals surface area contributed by atoms with Crippen LogP contribution < -0.4 is 9.47 Å². The molecule has 0 unspecified atom stereocenters. The predicted molar refractivity (Wildman–Crippen MR) is 102 cm³/mol. The molecule has 0 bridgehead atoms. The van der Waals surface area contributed by atoms with E-state index in [1.54, 1.807) is 35.3 Å². The number of carbonyl (C=O) groups is 1. The predicted octanol–water partition coefficient (Wildman–Crippen LogP) is 3.50. The van der Waals surface area contributed by atoms with Gasteiger partial charge in [0.15, 0.2) is 11.5 Å². The van der Waals surface area contributed by atoms with Gasteiger partial charge in [-0.05, 0) is 35.4 Å². The van der Waals surface area contributed by atoms with Crippen molar-refractivity contribution in [3.8, 4) is 11.5 Å². The molecule has 2 heterocycles. The fraction of sp³-hybridized carbons (Fsp3) is 0.250. The van der Waals surface area contributed by atoms with Crippen LogP contribution in [0, 0.1) is 0 Å². The van der Waals surface area contributed by atoms with Crippen molar-refractivity contribution in [3.63, 3.8) is 0 Å². The first-order chi connectivity index (χ1) is 13.7. The largest absolute Gasteiger partial charge is 0.489 e. The first kappa shape index (κ1) is 18.3. The van der Waals surface area contributed by atoms with E-state index < -0.39 is 5.97 Å². The summed E-state index contributed by atoms with van der Waals surface area (Å²) in [6.07, 6.45) is 3.92. The summed E-state index contributed by atoms with van der Waals surface area (Å²) in [5, 5.41) is 4.51. The zero-order valence-corrected chi connectivity index (χ0v) is 15.8. The van der Waals surface area contributed by atoms with Crippen molar-refractivity contribution < 1.29 is 19.0 Å². The lowest BCUT2D eigenvalue weighted by molar-refractivity contribution is 0.0472. The SMILES string of the molecule is O=C(OCc1cc(Cl)c2c(c1)OCCCO2)c1ccc(Cn2cncn2)cc1. The molecule has 0 radical (unpaired) electrons. The van der Waals surface area contributed by atoms with Gasteiger partial charge in [-0.15, -0.1) is 0 Å². The number of ether oxygens (including phenoxy) is 3. The number of fused-ring (bicyclic) bond motifs is 1. The number of hydrogen-bond donors (Lipinski definition) is 0. The molecule has 0 atom stereocenters. The van der Waals surface area contributed by atoms with E-state index in [0.717, 1.165) is 17.5 Å². The summed E-state index contributed by atoms with van der Waals surface area (Å²) in [6.45, 7) is 1.81. The molecule has 0 saturated carbocycles. The lowest BCUT2D eigenvalue weighted by Crippen LogP contribution is -2.06. The summed E-state index contributed by atoms with van der Waals surface area (Å²) in [4.78, 5) is 16.2. The van der Waals surface area contributed by atoms with Crippen molar-refractivity contribution in [2.24, 2.45) is 0 Å². The molecule has 1 aromatic heterocycles. The van der Waals surface area contributed by atoms with Gasteiger partial charge in [0, 0.05) is 6.42 Å². The van der Waals surface area contributed by atoms with Crippen LogP contribution in [0.3, 0.4) is 0 Å². The van der Waals surface area contributed by atoms with E-state index in [-0.39, 0.29) is 6.61 Å². The number of rotatable bonds is 5. The van der Waals surface area contributed by atoms with Gasteiger partial charge in [-0.2, -0.15) is 5.10 Å². The summed E-state index contributed by atoms with van der Waals surface area (Å²) < 4.78 is 18.4. The van der Waals surface area contributed by atoms with Gasteiger partial charge in [0.2, 0.25) is 0 Å². The van der Waals surface area contributed by atoms with Crippen LogP contribution in [-0.2, 0) is 17.9 Å². The molecule has 0 spiro atoms. The molecule has 28 heavy (non-hydrogen) atoms. The van der Waals surface area contributed by atoms with Crippen molar-refractivity contribution in [3.05, 3.63) is 70.8 Å². The van der Waals surface area contributed by atoms with E-state index in [9.17, 15) is 4.79 Å². The third-order valence-electron chi connectivity index (χ3n) is 4.23. The third kappa shape index (κ3) is 4.26. The molecule has 0 amide bonds. The van der Waals surface area contributed by atoms with Gasteiger partial charge < -0.3 is 14.2 Å². The minimum absolute atomic E-state index is 0.0932. The lowest BCUT2D eigenvalue weighted by atomic mass is 10.1. The van der Waals surface area contributed by atoms with Crippen LogP contribution in [0.25, 0.3) is 0 Å². The molecule has 0 fully saturated rings. The molecule has 144 valence electrons. The van der Waals surface area contributed by atoms with Gasteiger partial charge in [0.1, 0.15) is 19.3 Å². The zero-order valence-electron chi connectivity index (χ0n) is 15.0. The first-order valence-corrected chi connectivity index (χ1v) is 9.23. The molecule has 0 N–H and O–H groups in total. The molecular weight excluding hydrogens is 382 g/mol. The van der Waals surface area contributed by atoms with Gasteiger partial charge in [-0.3, -0.25) is 0 Å². The van der Waals surface area contributed by atoms with Crippen molar-refractivity contribution in [1.29, 1.82) is 0 Å². The quantitative estimate of drug-likeness (QED) is 0.611. The average Bonchev–Trinajstić information content (AvgIpc) is 3.09. The molecule has 3 aromatic rings. The maximum Gasteiger partial charge on any atom is 0.338 e. The van der Waals surface area contributed by atoms with Crippen molar-refractivity contribution in [1.82, 2.24) is 14.8 Å². The minimum Gasteiger partial charge on any atom is -0.489 e. The van der Waals surface area contributed by atoms with Crippen LogP contribution >= 0.6 is 11.6 Å². The van der Waals surface area contributed by atoms with E-state index in [1.165, 1.54) is 6.33 Å². The van der Waals surface area contributed by atoms with E-state index >= 15 is 0 Å². The Balaban J connectivity index is 1.39. The average molecular weight is 400 g/mol. The van der Waals surface area contributed by atoms with Crippen LogP contribution in [0.4, 0.5) is 0 Å². The minimum atomic E-state index is -0.407. The number of benzene rings is 2. The third-order valence-corrected chi connectivity index (χ3v) is 4.51. The van der Waals surface area contributed by atoms with Crippen molar-refractivity contribution in [2.75, 3.05) is 13.2 Å².